The van der Waals surface area contributed by atoms with E-state index in [9.17, 15) is 8.42 Å². The summed E-state index contributed by atoms with van der Waals surface area (Å²) in [5, 5.41) is 8.22. The molecule has 5 N–H and O–H groups in total. The zero-order chi connectivity index (χ0) is 12.9. The Labute approximate surface area is 102 Å². The number of primary sulfonamides is 1. The lowest BCUT2D eigenvalue weighted by Gasteiger charge is -2.14. The molecule has 0 saturated carbocycles. The number of hydrogen-bond donors (Lipinski definition) is 3. The molecule has 96 valence electrons. The summed E-state index contributed by atoms with van der Waals surface area (Å²) in [6.45, 7) is 3.35. The number of hydrogen-bond acceptors (Lipinski definition) is 4. The fourth-order valence-corrected chi connectivity index (χ4v) is 2.25. The van der Waals surface area contributed by atoms with E-state index in [-0.39, 0.29) is 4.90 Å². The SMILES string of the molecule is CC(CCN)CNc1ccccc1S(N)(=O)=O. The van der Waals surface area contributed by atoms with Crippen molar-refractivity contribution in [2.45, 2.75) is 18.2 Å². The zero-order valence-electron chi connectivity index (χ0n) is 9.89. The highest BCUT2D eigenvalue weighted by Crippen LogP contribution is 2.19. The first-order chi connectivity index (χ1) is 7.95. The molecule has 1 aromatic carbocycles. The van der Waals surface area contributed by atoms with Gasteiger partial charge in [0.1, 0.15) is 4.90 Å². The van der Waals surface area contributed by atoms with Crippen LogP contribution in [0.1, 0.15) is 13.3 Å². The van der Waals surface area contributed by atoms with Gasteiger partial charge >= 0.3 is 0 Å². The van der Waals surface area contributed by atoms with Crippen LogP contribution in [0.15, 0.2) is 29.2 Å². The number of para-hydroxylation sites is 1. The molecule has 0 saturated heterocycles. The largest absolute Gasteiger partial charge is 0.384 e. The van der Waals surface area contributed by atoms with Gasteiger partial charge in [-0.15, -0.1) is 0 Å². The number of nitrogens with two attached hydrogens (primary N) is 2. The number of nitrogens with one attached hydrogen (secondary N) is 1. The first-order valence-corrected chi connectivity index (χ1v) is 7.05. The molecule has 0 heterocycles. The third-order valence-electron chi connectivity index (χ3n) is 2.49. The van der Waals surface area contributed by atoms with Crippen LogP contribution in [0, 0.1) is 5.92 Å². The molecule has 1 aromatic rings. The van der Waals surface area contributed by atoms with E-state index in [1.54, 1.807) is 18.2 Å². The van der Waals surface area contributed by atoms with Gasteiger partial charge in [0.05, 0.1) is 5.69 Å². The van der Waals surface area contributed by atoms with E-state index in [1.807, 2.05) is 0 Å². The molecule has 0 amide bonds. The normalized spacial score (nSPS) is 13.4. The van der Waals surface area contributed by atoms with Gasteiger partial charge in [0.25, 0.3) is 0 Å². The molecule has 6 heteroatoms. The smallest absolute Gasteiger partial charge is 0.240 e. The van der Waals surface area contributed by atoms with Crippen LogP contribution in [0.25, 0.3) is 0 Å². The highest BCUT2D eigenvalue weighted by Gasteiger charge is 2.13. The summed E-state index contributed by atoms with van der Waals surface area (Å²) in [5.74, 6) is 0.383. The highest BCUT2D eigenvalue weighted by molar-refractivity contribution is 7.89. The van der Waals surface area contributed by atoms with Gasteiger partial charge in [0.2, 0.25) is 10.0 Å². The number of anilines is 1. The second kappa shape index (κ2) is 6.00. The van der Waals surface area contributed by atoms with Crippen molar-refractivity contribution in [3.8, 4) is 0 Å². The molecule has 0 bridgehead atoms. The standard InChI is InChI=1S/C11H19N3O2S/c1-9(6-7-12)8-14-10-4-2-3-5-11(10)17(13,15)16/h2-5,9,14H,6-8,12H2,1H3,(H2,13,15,16). The van der Waals surface area contributed by atoms with E-state index in [0.717, 1.165) is 6.42 Å². The van der Waals surface area contributed by atoms with E-state index in [2.05, 4.69) is 12.2 Å². The fraction of sp³-hybridized carbons (Fsp3) is 0.455. The summed E-state index contributed by atoms with van der Waals surface area (Å²) in [5.41, 5.74) is 5.99. The quantitative estimate of drug-likeness (QED) is 0.699. The molecule has 0 spiro atoms. The van der Waals surface area contributed by atoms with E-state index in [1.165, 1.54) is 6.07 Å². The summed E-state index contributed by atoms with van der Waals surface area (Å²) < 4.78 is 22.7. The van der Waals surface area contributed by atoms with E-state index < -0.39 is 10.0 Å². The van der Waals surface area contributed by atoms with Crippen LogP contribution in [-0.2, 0) is 10.0 Å². The molecule has 0 aliphatic heterocycles. The molecule has 1 rings (SSSR count). The topological polar surface area (TPSA) is 98.2 Å². The van der Waals surface area contributed by atoms with Gasteiger partial charge in [0, 0.05) is 6.54 Å². The molecule has 0 fully saturated rings. The summed E-state index contributed by atoms with van der Waals surface area (Å²) in [6, 6.07) is 6.61. The van der Waals surface area contributed by atoms with Crippen molar-refractivity contribution in [3.05, 3.63) is 24.3 Å². The Morgan fingerprint density at radius 2 is 2.00 bits per heavy atom. The van der Waals surface area contributed by atoms with Gasteiger partial charge in [-0.2, -0.15) is 0 Å². The highest BCUT2D eigenvalue weighted by atomic mass is 32.2. The van der Waals surface area contributed by atoms with Crippen molar-refractivity contribution in [3.63, 3.8) is 0 Å². The second-order valence-electron chi connectivity index (χ2n) is 4.10. The average Bonchev–Trinajstić information content (AvgIpc) is 2.26. The van der Waals surface area contributed by atoms with Gasteiger partial charge in [-0.1, -0.05) is 19.1 Å². The Kier molecular flexibility index (Phi) is 4.92. The Hall–Kier alpha value is -1.11. The van der Waals surface area contributed by atoms with Crippen LogP contribution in [0.3, 0.4) is 0 Å². The molecule has 0 aliphatic rings. The maximum Gasteiger partial charge on any atom is 0.240 e. The molecular formula is C11H19N3O2S. The minimum Gasteiger partial charge on any atom is -0.384 e. The van der Waals surface area contributed by atoms with E-state index >= 15 is 0 Å². The first-order valence-electron chi connectivity index (χ1n) is 5.51. The van der Waals surface area contributed by atoms with Crippen molar-refractivity contribution in [2.24, 2.45) is 16.8 Å². The zero-order valence-corrected chi connectivity index (χ0v) is 10.7. The van der Waals surface area contributed by atoms with E-state index in [4.69, 9.17) is 10.9 Å². The van der Waals surface area contributed by atoms with Crippen molar-refractivity contribution in [1.29, 1.82) is 0 Å². The van der Waals surface area contributed by atoms with Gasteiger partial charge < -0.3 is 11.1 Å². The Morgan fingerprint density at radius 1 is 1.35 bits per heavy atom. The van der Waals surface area contributed by atoms with E-state index in [0.29, 0.717) is 24.7 Å². The molecule has 5 nitrogen and oxygen atoms in total. The predicted octanol–water partition coefficient (Wildman–Crippen LogP) is 0.731. The van der Waals surface area contributed by atoms with Crippen LogP contribution in [0.2, 0.25) is 0 Å². The van der Waals surface area contributed by atoms with Crippen LogP contribution in [-0.4, -0.2) is 21.5 Å². The Balaban J connectivity index is 2.78. The Morgan fingerprint density at radius 3 is 2.59 bits per heavy atom. The lowest BCUT2D eigenvalue weighted by atomic mass is 10.1. The molecule has 17 heavy (non-hydrogen) atoms. The fourth-order valence-electron chi connectivity index (χ4n) is 1.53. The lowest BCUT2D eigenvalue weighted by molar-refractivity contribution is 0.567. The van der Waals surface area contributed by atoms with Gasteiger partial charge in [-0.25, -0.2) is 13.6 Å². The molecular weight excluding hydrogens is 238 g/mol. The maximum atomic E-state index is 11.3. The molecule has 1 unspecified atom stereocenters. The molecule has 0 aromatic heterocycles. The van der Waals surface area contributed by atoms with Crippen molar-refractivity contribution < 1.29 is 8.42 Å². The third-order valence-corrected chi connectivity index (χ3v) is 3.46. The lowest BCUT2D eigenvalue weighted by Crippen LogP contribution is -2.18. The number of benzene rings is 1. The molecule has 0 radical (unpaired) electrons. The van der Waals surface area contributed by atoms with Crippen LogP contribution < -0.4 is 16.2 Å². The first kappa shape index (κ1) is 14.0. The number of rotatable bonds is 6. The van der Waals surface area contributed by atoms with Crippen LogP contribution in [0.4, 0.5) is 5.69 Å². The van der Waals surface area contributed by atoms with Crippen molar-refractivity contribution >= 4 is 15.7 Å². The van der Waals surface area contributed by atoms with Crippen LogP contribution in [0.5, 0.6) is 0 Å². The summed E-state index contributed by atoms with van der Waals surface area (Å²) in [7, 11) is -3.68. The van der Waals surface area contributed by atoms with Crippen molar-refractivity contribution in [1.82, 2.24) is 0 Å². The monoisotopic (exact) mass is 257 g/mol. The Bertz CT molecular complexity index is 460. The third kappa shape index (κ3) is 4.33. The minimum atomic E-state index is -3.68. The van der Waals surface area contributed by atoms with Gasteiger partial charge in [-0.05, 0) is 31.0 Å². The molecule has 1 atom stereocenters. The van der Waals surface area contributed by atoms with Gasteiger partial charge in [-0.3, -0.25) is 0 Å². The average molecular weight is 257 g/mol. The second-order valence-corrected chi connectivity index (χ2v) is 5.63. The number of sulfonamides is 1. The van der Waals surface area contributed by atoms with Gasteiger partial charge in [0.15, 0.2) is 0 Å². The van der Waals surface area contributed by atoms with Crippen LogP contribution >= 0.6 is 0 Å². The summed E-state index contributed by atoms with van der Waals surface area (Å²) in [6.07, 6.45) is 0.893. The summed E-state index contributed by atoms with van der Waals surface area (Å²) >= 11 is 0. The predicted molar refractivity (Wildman–Crippen MR) is 69.1 cm³/mol. The minimum absolute atomic E-state index is 0.125. The molecule has 0 aliphatic carbocycles. The maximum absolute atomic E-state index is 11.3. The van der Waals surface area contributed by atoms with Crippen molar-refractivity contribution in [2.75, 3.05) is 18.4 Å². The summed E-state index contributed by atoms with van der Waals surface area (Å²) in [4.78, 5) is 0.125.